The predicted octanol–water partition coefficient (Wildman–Crippen LogP) is 4.20. The Kier molecular flexibility index (Phi) is 3.77. The number of nitrogen functional groups attached to an aromatic ring is 1. The van der Waals surface area contributed by atoms with Crippen LogP contribution in [0, 0.1) is 5.82 Å². The molecule has 6 heteroatoms. The number of aromatic nitrogens is 1. The first kappa shape index (κ1) is 15.8. The van der Waals surface area contributed by atoms with E-state index < -0.39 is 5.82 Å². The van der Waals surface area contributed by atoms with Crippen molar-refractivity contribution >= 4 is 28.6 Å². The van der Waals surface area contributed by atoms with Crippen LogP contribution >= 0.6 is 11.3 Å². The predicted molar refractivity (Wildman–Crippen MR) is 97.3 cm³/mol. The molecule has 0 spiro atoms. The summed E-state index contributed by atoms with van der Waals surface area (Å²) in [5, 5.41) is 5.76. The average molecular weight is 353 g/mol. The van der Waals surface area contributed by atoms with Crippen molar-refractivity contribution in [2.45, 2.75) is 18.3 Å². The summed E-state index contributed by atoms with van der Waals surface area (Å²) in [6.45, 7) is 0. The van der Waals surface area contributed by atoms with Gasteiger partial charge in [0.05, 0.1) is 11.4 Å². The van der Waals surface area contributed by atoms with E-state index >= 15 is 0 Å². The van der Waals surface area contributed by atoms with E-state index in [4.69, 9.17) is 5.73 Å². The Labute approximate surface area is 148 Å². The maximum absolute atomic E-state index is 13.3. The van der Waals surface area contributed by atoms with E-state index in [0.717, 1.165) is 17.8 Å². The summed E-state index contributed by atoms with van der Waals surface area (Å²) in [6, 6.07) is 11.4. The summed E-state index contributed by atoms with van der Waals surface area (Å²) in [6.07, 6.45) is 3.98. The van der Waals surface area contributed by atoms with E-state index in [2.05, 4.69) is 10.3 Å². The van der Waals surface area contributed by atoms with Gasteiger partial charge in [-0.3, -0.25) is 4.79 Å². The Hall–Kier alpha value is -2.73. The third-order valence-corrected chi connectivity index (χ3v) is 5.53. The molecule has 25 heavy (non-hydrogen) atoms. The molecule has 2 aromatic carbocycles. The number of benzene rings is 2. The number of amides is 1. The molecular formula is C19H16FN3OS. The molecule has 3 N–H and O–H groups in total. The van der Waals surface area contributed by atoms with Gasteiger partial charge in [-0.05, 0) is 48.7 Å². The van der Waals surface area contributed by atoms with E-state index in [1.165, 1.54) is 23.8 Å². The first-order valence-corrected chi connectivity index (χ1v) is 8.83. The Bertz CT molecular complexity index is 918. The van der Waals surface area contributed by atoms with Gasteiger partial charge in [-0.25, -0.2) is 9.37 Å². The van der Waals surface area contributed by atoms with E-state index in [9.17, 15) is 9.18 Å². The Morgan fingerprint density at radius 2 is 1.96 bits per heavy atom. The number of hydrogen-bond donors (Lipinski definition) is 2. The number of nitrogens with zero attached hydrogens (tertiary/aromatic N) is 1. The highest BCUT2D eigenvalue weighted by Gasteiger charge is 2.48. The van der Waals surface area contributed by atoms with Gasteiger partial charge in [0.25, 0.3) is 5.91 Å². The van der Waals surface area contributed by atoms with Crippen molar-refractivity contribution in [2.75, 3.05) is 11.1 Å². The number of carbonyl (C=O) groups is 1. The quantitative estimate of drug-likeness (QED) is 0.691. The molecule has 4 rings (SSSR count). The zero-order valence-electron chi connectivity index (χ0n) is 13.3. The number of nitrogens with one attached hydrogen (secondary N) is 1. The van der Waals surface area contributed by atoms with E-state index in [1.54, 1.807) is 23.5 Å². The zero-order valence-corrected chi connectivity index (χ0v) is 14.1. The number of halogens is 1. The lowest BCUT2D eigenvalue weighted by molar-refractivity contribution is 0.102. The van der Waals surface area contributed by atoms with E-state index in [0.29, 0.717) is 11.3 Å². The fourth-order valence-electron chi connectivity index (χ4n) is 2.98. The smallest absolute Gasteiger partial charge is 0.255 e. The molecule has 0 radical (unpaired) electrons. The van der Waals surface area contributed by atoms with Crippen LogP contribution < -0.4 is 11.1 Å². The van der Waals surface area contributed by atoms with Crippen LogP contribution in [0.3, 0.4) is 0 Å². The third-order valence-electron chi connectivity index (χ3n) is 4.55. The second-order valence-electron chi connectivity index (χ2n) is 6.18. The largest absolute Gasteiger partial charge is 0.397 e. The molecular weight excluding hydrogens is 337 g/mol. The fraction of sp³-hybridized carbons (Fsp3) is 0.158. The fourth-order valence-corrected chi connectivity index (χ4v) is 3.90. The molecule has 1 aromatic heterocycles. The molecule has 0 bridgehead atoms. The Morgan fingerprint density at radius 3 is 2.60 bits per heavy atom. The highest BCUT2D eigenvalue weighted by molar-refractivity contribution is 7.09. The molecule has 0 unspecified atom stereocenters. The topological polar surface area (TPSA) is 68.0 Å². The highest BCUT2D eigenvalue weighted by atomic mass is 32.1. The first-order chi connectivity index (χ1) is 12.1. The summed E-state index contributed by atoms with van der Waals surface area (Å²) >= 11 is 1.66. The first-order valence-electron chi connectivity index (χ1n) is 7.95. The summed E-state index contributed by atoms with van der Waals surface area (Å²) < 4.78 is 13.3. The zero-order chi connectivity index (χ0) is 17.4. The number of anilines is 2. The van der Waals surface area contributed by atoms with Crippen molar-refractivity contribution in [1.29, 1.82) is 0 Å². The molecule has 3 aromatic rings. The summed E-state index contributed by atoms with van der Waals surface area (Å²) in [4.78, 5) is 16.8. The molecule has 1 fully saturated rings. The molecule has 1 saturated carbocycles. The van der Waals surface area contributed by atoms with Crippen molar-refractivity contribution < 1.29 is 9.18 Å². The van der Waals surface area contributed by atoms with Crippen molar-refractivity contribution in [3.8, 4) is 0 Å². The molecule has 1 heterocycles. The molecule has 0 aliphatic heterocycles. The van der Waals surface area contributed by atoms with Crippen LogP contribution in [0.5, 0.6) is 0 Å². The number of thiazole rings is 1. The molecule has 126 valence electrons. The van der Waals surface area contributed by atoms with Gasteiger partial charge in [-0.2, -0.15) is 0 Å². The second-order valence-corrected chi connectivity index (χ2v) is 7.08. The van der Waals surface area contributed by atoms with Crippen LogP contribution in [0.15, 0.2) is 54.0 Å². The number of rotatable bonds is 4. The molecule has 0 atom stereocenters. The number of carbonyl (C=O) groups excluding carboxylic acids is 1. The van der Waals surface area contributed by atoms with Gasteiger partial charge in [0.2, 0.25) is 0 Å². The molecule has 1 aliphatic carbocycles. The van der Waals surface area contributed by atoms with Crippen LogP contribution in [0.2, 0.25) is 0 Å². The van der Waals surface area contributed by atoms with Crippen LogP contribution in [0.4, 0.5) is 15.8 Å². The summed E-state index contributed by atoms with van der Waals surface area (Å²) in [5.74, 6) is -0.762. The van der Waals surface area contributed by atoms with E-state index in [-0.39, 0.29) is 17.0 Å². The van der Waals surface area contributed by atoms with Gasteiger partial charge in [0, 0.05) is 22.6 Å². The lowest BCUT2D eigenvalue weighted by Crippen LogP contribution is -2.14. The van der Waals surface area contributed by atoms with Crippen LogP contribution in [0.1, 0.15) is 33.8 Å². The number of nitrogens with two attached hydrogens (primary N) is 1. The molecule has 4 nitrogen and oxygen atoms in total. The second kappa shape index (κ2) is 5.97. The van der Waals surface area contributed by atoms with Crippen LogP contribution in [0.25, 0.3) is 0 Å². The van der Waals surface area contributed by atoms with Gasteiger partial charge in [-0.1, -0.05) is 12.1 Å². The normalized spacial score (nSPS) is 14.9. The van der Waals surface area contributed by atoms with Crippen molar-refractivity contribution in [2.24, 2.45) is 0 Å². The maximum atomic E-state index is 13.3. The molecule has 1 amide bonds. The Balaban J connectivity index is 1.54. The van der Waals surface area contributed by atoms with Gasteiger partial charge in [-0.15, -0.1) is 11.3 Å². The SMILES string of the molecule is Nc1ccc(F)cc1NC(=O)c1ccc(C2(c3nccs3)CC2)cc1. The minimum absolute atomic E-state index is 0.0101. The van der Waals surface area contributed by atoms with Crippen LogP contribution in [-0.4, -0.2) is 10.9 Å². The average Bonchev–Trinajstić information content (AvgIpc) is 3.24. The third kappa shape index (κ3) is 2.89. The van der Waals surface area contributed by atoms with Gasteiger partial charge >= 0.3 is 0 Å². The molecule has 1 aliphatic rings. The Morgan fingerprint density at radius 1 is 1.20 bits per heavy atom. The van der Waals surface area contributed by atoms with Crippen LogP contribution in [-0.2, 0) is 5.41 Å². The minimum atomic E-state index is -0.445. The van der Waals surface area contributed by atoms with Gasteiger partial charge in [0.1, 0.15) is 10.8 Å². The lowest BCUT2D eigenvalue weighted by Gasteiger charge is -2.13. The van der Waals surface area contributed by atoms with Crippen molar-refractivity contribution in [3.05, 3.63) is 76.0 Å². The standard InChI is InChI=1S/C19H16FN3OS/c20-14-5-6-15(21)16(11-14)23-17(24)12-1-3-13(4-2-12)19(7-8-19)18-22-9-10-25-18/h1-6,9-11H,7-8,21H2,(H,23,24). The summed E-state index contributed by atoms with van der Waals surface area (Å²) in [7, 11) is 0. The molecule has 0 saturated heterocycles. The maximum Gasteiger partial charge on any atom is 0.255 e. The monoisotopic (exact) mass is 353 g/mol. The number of hydrogen-bond acceptors (Lipinski definition) is 4. The van der Waals surface area contributed by atoms with E-state index in [1.807, 2.05) is 23.7 Å². The lowest BCUT2D eigenvalue weighted by atomic mass is 9.95. The van der Waals surface area contributed by atoms with Crippen molar-refractivity contribution in [3.63, 3.8) is 0 Å². The summed E-state index contributed by atoms with van der Waals surface area (Å²) in [5.41, 5.74) is 8.05. The van der Waals surface area contributed by atoms with Gasteiger partial charge in [0.15, 0.2) is 0 Å². The minimum Gasteiger partial charge on any atom is -0.397 e. The van der Waals surface area contributed by atoms with Gasteiger partial charge < -0.3 is 11.1 Å². The van der Waals surface area contributed by atoms with Crippen molar-refractivity contribution in [1.82, 2.24) is 4.98 Å². The highest BCUT2D eigenvalue weighted by Crippen LogP contribution is 2.53.